The number of carbonyl (C=O) groups excluding carboxylic acids is 1. The summed E-state index contributed by atoms with van der Waals surface area (Å²) in [6, 6.07) is 6.84. The number of hydrogen-bond donors (Lipinski definition) is 2. The van der Waals surface area contributed by atoms with Crippen molar-refractivity contribution in [3.05, 3.63) is 29.3 Å². The average Bonchev–Trinajstić information content (AvgIpc) is 2.24. The molecule has 3 N–H and O–H groups in total. The maximum absolute atomic E-state index is 10.8. The third kappa shape index (κ3) is 4.84. The van der Waals surface area contributed by atoms with Crippen LogP contribution in [0.4, 0.5) is 5.69 Å². The molecule has 3 nitrogen and oxygen atoms in total. The number of amides is 1. The molecule has 0 saturated carbocycles. The van der Waals surface area contributed by atoms with Crippen LogP contribution in [-0.2, 0) is 4.79 Å². The van der Waals surface area contributed by atoms with Crippen molar-refractivity contribution in [2.24, 2.45) is 5.73 Å². The topological polar surface area (TPSA) is 55.1 Å². The Morgan fingerprint density at radius 3 is 2.29 bits per heavy atom. The predicted molar refractivity (Wildman–Crippen MR) is 60.5 cm³/mol. The van der Waals surface area contributed by atoms with Crippen LogP contribution in [0.5, 0.6) is 0 Å². The van der Waals surface area contributed by atoms with Gasteiger partial charge < -0.3 is 11.1 Å². The molecular weight excluding hydrogens is 200 g/mol. The first-order chi connectivity index (χ1) is 6.72. The predicted octanol–water partition coefficient (Wildman–Crippen LogP) is 2.26. The summed E-state index contributed by atoms with van der Waals surface area (Å²) in [4.78, 5) is 10.8. The second kappa shape index (κ2) is 7.35. The van der Waals surface area contributed by atoms with E-state index in [-0.39, 0.29) is 12.5 Å². The van der Waals surface area contributed by atoms with Gasteiger partial charge in [0.2, 0.25) is 5.91 Å². The van der Waals surface area contributed by atoms with Crippen LogP contribution in [0, 0.1) is 0 Å². The van der Waals surface area contributed by atoms with Gasteiger partial charge in [0.1, 0.15) is 0 Å². The fraction of sp³-hybridized carbons (Fsp3) is 0.300. The number of carbonyl (C=O) groups is 1. The number of nitrogens with one attached hydrogen (secondary N) is 1. The molecule has 1 amide bonds. The number of benzene rings is 1. The van der Waals surface area contributed by atoms with Crippen LogP contribution in [0.25, 0.3) is 0 Å². The minimum absolute atomic E-state index is 0.0113. The molecule has 0 unspecified atom stereocenters. The first-order valence-electron chi connectivity index (χ1n) is 4.48. The molecule has 1 aromatic carbocycles. The van der Waals surface area contributed by atoms with Crippen LogP contribution in [-0.4, -0.2) is 12.5 Å². The van der Waals surface area contributed by atoms with Crippen molar-refractivity contribution in [3.8, 4) is 0 Å². The lowest BCUT2D eigenvalue weighted by molar-refractivity contribution is -0.114. The molecular formula is C10H15ClN2O. The van der Waals surface area contributed by atoms with Crippen molar-refractivity contribution in [2.75, 3.05) is 11.9 Å². The molecule has 1 aromatic rings. The van der Waals surface area contributed by atoms with E-state index in [0.29, 0.717) is 10.7 Å². The van der Waals surface area contributed by atoms with E-state index in [9.17, 15) is 4.79 Å². The first kappa shape index (κ1) is 12.9. The summed E-state index contributed by atoms with van der Waals surface area (Å²) in [5.41, 5.74) is 5.82. The second-order valence-electron chi connectivity index (χ2n) is 2.26. The molecule has 14 heavy (non-hydrogen) atoms. The van der Waals surface area contributed by atoms with Gasteiger partial charge in [-0.05, 0) is 24.3 Å². The normalized spacial score (nSPS) is 8.57. The van der Waals surface area contributed by atoms with Crippen LogP contribution >= 0.6 is 11.6 Å². The van der Waals surface area contributed by atoms with Crippen LogP contribution in [0.3, 0.4) is 0 Å². The van der Waals surface area contributed by atoms with Crippen molar-refractivity contribution >= 4 is 23.2 Å². The summed E-state index contributed by atoms with van der Waals surface area (Å²) >= 11 is 5.64. The number of anilines is 1. The zero-order valence-corrected chi connectivity index (χ0v) is 9.14. The van der Waals surface area contributed by atoms with Gasteiger partial charge in [-0.25, -0.2) is 0 Å². The Hall–Kier alpha value is -1.06. The molecule has 0 radical (unpaired) electrons. The largest absolute Gasteiger partial charge is 0.325 e. The van der Waals surface area contributed by atoms with Crippen molar-refractivity contribution < 1.29 is 4.79 Å². The average molecular weight is 215 g/mol. The molecule has 0 aliphatic rings. The number of rotatable bonds is 2. The Labute approximate surface area is 89.3 Å². The molecule has 0 aliphatic heterocycles. The zero-order chi connectivity index (χ0) is 11.0. The van der Waals surface area contributed by atoms with E-state index in [1.807, 2.05) is 13.8 Å². The summed E-state index contributed by atoms with van der Waals surface area (Å²) in [7, 11) is 0. The summed E-state index contributed by atoms with van der Waals surface area (Å²) in [5.74, 6) is -0.211. The molecule has 0 heterocycles. The van der Waals surface area contributed by atoms with Gasteiger partial charge in [0.15, 0.2) is 0 Å². The minimum atomic E-state index is -0.211. The van der Waals surface area contributed by atoms with Gasteiger partial charge in [-0.2, -0.15) is 0 Å². The van der Waals surface area contributed by atoms with Gasteiger partial charge in [-0.1, -0.05) is 25.4 Å². The molecule has 0 saturated heterocycles. The summed E-state index contributed by atoms with van der Waals surface area (Å²) in [6.45, 7) is 3.99. The highest BCUT2D eigenvalue weighted by molar-refractivity contribution is 6.30. The van der Waals surface area contributed by atoms with Gasteiger partial charge in [0, 0.05) is 10.7 Å². The molecule has 0 atom stereocenters. The highest BCUT2D eigenvalue weighted by Crippen LogP contribution is 2.12. The van der Waals surface area contributed by atoms with Gasteiger partial charge >= 0.3 is 0 Å². The summed E-state index contributed by atoms with van der Waals surface area (Å²) in [5, 5.41) is 3.24. The highest BCUT2D eigenvalue weighted by atomic mass is 35.5. The van der Waals surface area contributed by atoms with E-state index in [1.165, 1.54) is 0 Å². The third-order valence-corrected chi connectivity index (χ3v) is 1.57. The Morgan fingerprint density at radius 2 is 1.86 bits per heavy atom. The van der Waals surface area contributed by atoms with Crippen LogP contribution in [0.2, 0.25) is 5.02 Å². The summed E-state index contributed by atoms with van der Waals surface area (Å²) < 4.78 is 0. The Kier molecular flexibility index (Phi) is 6.80. The quantitative estimate of drug-likeness (QED) is 0.794. The molecule has 0 spiro atoms. The van der Waals surface area contributed by atoms with E-state index in [4.69, 9.17) is 17.3 Å². The zero-order valence-electron chi connectivity index (χ0n) is 8.38. The molecule has 0 aliphatic carbocycles. The van der Waals surface area contributed by atoms with Crippen molar-refractivity contribution in [2.45, 2.75) is 13.8 Å². The van der Waals surface area contributed by atoms with E-state index in [2.05, 4.69) is 5.32 Å². The summed E-state index contributed by atoms with van der Waals surface area (Å²) in [6.07, 6.45) is 0. The van der Waals surface area contributed by atoms with Crippen molar-refractivity contribution in [1.29, 1.82) is 0 Å². The molecule has 0 aromatic heterocycles. The molecule has 4 heteroatoms. The fourth-order valence-corrected chi connectivity index (χ4v) is 0.871. The lowest BCUT2D eigenvalue weighted by Gasteiger charge is -2.01. The van der Waals surface area contributed by atoms with Gasteiger partial charge in [0.05, 0.1) is 6.54 Å². The number of halogens is 1. The smallest absolute Gasteiger partial charge is 0.238 e. The lowest BCUT2D eigenvalue weighted by atomic mass is 10.3. The lowest BCUT2D eigenvalue weighted by Crippen LogP contribution is -2.21. The van der Waals surface area contributed by atoms with E-state index in [1.54, 1.807) is 24.3 Å². The minimum Gasteiger partial charge on any atom is -0.325 e. The van der Waals surface area contributed by atoms with Crippen LogP contribution < -0.4 is 11.1 Å². The maximum Gasteiger partial charge on any atom is 0.238 e. The van der Waals surface area contributed by atoms with Gasteiger partial charge in [0.25, 0.3) is 0 Å². The van der Waals surface area contributed by atoms with Crippen molar-refractivity contribution in [3.63, 3.8) is 0 Å². The van der Waals surface area contributed by atoms with Gasteiger partial charge in [-0.3, -0.25) is 4.79 Å². The van der Waals surface area contributed by atoms with E-state index >= 15 is 0 Å². The first-order valence-corrected chi connectivity index (χ1v) is 4.85. The Bertz CT molecular complexity index is 272. The van der Waals surface area contributed by atoms with Crippen LogP contribution in [0.15, 0.2) is 24.3 Å². The molecule has 0 fully saturated rings. The molecule has 1 rings (SSSR count). The number of hydrogen-bond acceptors (Lipinski definition) is 2. The monoisotopic (exact) mass is 214 g/mol. The van der Waals surface area contributed by atoms with Crippen molar-refractivity contribution in [1.82, 2.24) is 0 Å². The number of nitrogens with two attached hydrogens (primary N) is 1. The third-order valence-electron chi connectivity index (χ3n) is 1.31. The van der Waals surface area contributed by atoms with E-state index in [0.717, 1.165) is 0 Å². The fourth-order valence-electron chi connectivity index (χ4n) is 0.745. The molecule has 78 valence electrons. The molecule has 0 bridgehead atoms. The highest BCUT2D eigenvalue weighted by Gasteiger charge is 1.97. The van der Waals surface area contributed by atoms with E-state index < -0.39 is 0 Å². The Balaban J connectivity index is 0.000000791. The second-order valence-corrected chi connectivity index (χ2v) is 2.70. The van der Waals surface area contributed by atoms with Gasteiger partial charge in [-0.15, -0.1) is 0 Å². The van der Waals surface area contributed by atoms with Crippen LogP contribution in [0.1, 0.15) is 13.8 Å². The SMILES string of the molecule is CC.NCC(=O)Nc1ccc(Cl)cc1. The standard InChI is InChI=1S/C8H9ClN2O.C2H6/c9-6-1-3-7(4-2-6)11-8(12)5-10;1-2/h1-4H,5,10H2,(H,11,12);1-2H3. The Morgan fingerprint density at radius 1 is 1.36 bits per heavy atom. The maximum atomic E-state index is 10.8.